The Balaban J connectivity index is 2.12. The van der Waals surface area contributed by atoms with Gasteiger partial charge in [-0.15, -0.1) is 11.6 Å². The quantitative estimate of drug-likeness (QED) is 0.842. The van der Waals surface area contributed by atoms with Crippen molar-refractivity contribution in [1.82, 2.24) is 15.1 Å². The number of aryl methyl sites for hydroxylation is 1. The van der Waals surface area contributed by atoms with Crippen LogP contribution in [0.15, 0.2) is 6.20 Å². The van der Waals surface area contributed by atoms with Gasteiger partial charge in [-0.25, -0.2) is 0 Å². The Morgan fingerprint density at radius 2 is 2.28 bits per heavy atom. The maximum absolute atomic E-state index is 12.2. The van der Waals surface area contributed by atoms with E-state index in [1.807, 2.05) is 14.0 Å². The lowest BCUT2D eigenvalue weighted by Crippen LogP contribution is -2.53. The fourth-order valence-corrected chi connectivity index (χ4v) is 2.42. The molecule has 1 saturated heterocycles. The zero-order valence-corrected chi connectivity index (χ0v) is 11.5. The Morgan fingerprint density at radius 3 is 2.78 bits per heavy atom. The van der Waals surface area contributed by atoms with Crippen molar-refractivity contribution in [3.63, 3.8) is 0 Å². The van der Waals surface area contributed by atoms with Crippen LogP contribution in [0.25, 0.3) is 0 Å². The molecule has 5 nitrogen and oxygen atoms in total. The molecule has 0 radical (unpaired) electrons. The first kappa shape index (κ1) is 13.4. The van der Waals surface area contributed by atoms with E-state index in [-0.39, 0.29) is 11.4 Å². The molecule has 2 heterocycles. The van der Waals surface area contributed by atoms with Gasteiger partial charge < -0.3 is 10.1 Å². The van der Waals surface area contributed by atoms with Crippen LogP contribution in [0.1, 0.15) is 28.9 Å². The van der Waals surface area contributed by atoms with Gasteiger partial charge in [0.15, 0.2) is 0 Å². The van der Waals surface area contributed by atoms with Crippen molar-refractivity contribution < 1.29 is 9.53 Å². The number of ether oxygens (including phenoxy) is 1. The highest BCUT2D eigenvalue weighted by atomic mass is 35.5. The maximum Gasteiger partial charge on any atom is 0.255 e. The summed E-state index contributed by atoms with van der Waals surface area (Å²) in [5, 5.41) is 7.13. The molecule has 0 aliphatic carbocycles. The van der Waals surface area contributed by atoms with Crippen LogP contribution >= 0.6 is 11.6 Å². The van der Waals surface area contributed by atoms with Gasteiger partial charge in [0.25, 0.3) is 5.91 Å². The van der Waals surface area contributed by atoms with Crippen LogP contribution in [-0.4, -0.2) is 40.3 Å². The molecule has 0 aromatic carbocycles. The maximum atomic E-state index is 12.2. The Kier molecular flexibility index (Phi) is 3.92. The Morgan fingerprint density at radius 1 is 1.61 bits per heavy atom. The molecule has 0 spiro atoms. The summed E-state index contributed by atoms with van der Waals surface area (Å²) in [6.07, 6.45) is 3.09. The number of hydrogen-bond donors (Lipinski definition) is 1. The third-order valence-corrected chi connectivity index (χ3v) is 4.08. The van der Waals surface area contributed by atoms with Gasteiger partial charge in [0, 0.05) is 31.8 Å². The summed E-state index contributed by atoms with van der Waals surface area (Å²) in [6, 6.07) is 0. The minimum Gasteiger partial charge on any atom is -0.381 e. The van der Waals surface area contributed by atoms with Gasteiger partial charge in [0.2, 0.25) is 0 Å². The summed E-state index contributed by atoms with van der Waals surface area (Å²) in [7, 11) is 1.82. The van der Waals surface area contributed by atoms with E-state index in [4.69, 9.17) is 16.3 Å². The second-order valence-electron chi connectivity index (χ2n) is 4.75. The summed E-state index contributed by atoms with van der Waals surface area (Å²) in [6.45, 7) is 3.15. The normalized spacial score (nSPS) is 18.6. The van der Waals surface area contributed by atoms with E-state index in [0.717, 1.165) is 18.5 Å². The van der Waals surface area contributed by atoms with Gasteiger partial charge in [-0.1, -0.05) is 0 Å². The molecule has 2 rings (SSSR count). The largest absolute Gasteiger partial charge is 0.381 e. The molecule has 1 aliphatic rings. The molecule has 1 amide bonds. The van der Waals surface area contributed by atoms with Crippen LogP contribution in [0, 0.1) is 6.92 Å². The number of aromatic nitrogens is 2. The lowest BCUT2D eigenvalue weighted by Gasteiger charge is -2.36. The first-order valence-corrected chi connectivity index (χ1v) is 6.56. The van der Waals surface area contributed by atoms with E-state index < -0.39 is 0 Å². The van der Waals surface area contributed by atoms with Crippen LogP contribution < -0.4 is 5.32 Å². The number of nitrogens with zero attached hydrogens (tertiary/aromatic N) is 2. The first-order chi connectivity index (χ1) is 8.58. The number of alkyl halides is 1. The van der Waals surface area contributed by atoms with Crippen LogP contribution in [0.4, 0.5) is 0 Å². The molecule has 1 aromatic rings. The van der Waals surface area contributed by atoms with Crippen LogP contribution in [0.5, 0.6) is 0 Å². The third-order valence-electron chi connectivity index (χ3n) is 3.56. The lowest BCUT2D eigenvalue weighted by molar-refractivity contribution is 0.0433. The molecular formula is C12H18ClN3O2. The third kappa shape index (κ3) is 2.52. The van der Waals surface area contributed by atoms with Crippen molar-refractivity contribution in [3.8, 4) is 0 Å². The number of carbonyl (C=O) groups excluding carboxylic acids is 1. The molecule has 0 atom stereocenters. The van der Waals surface area contributed by atoms with Gasteiger partial charge in [0.1, 0.15) is 0 Å². The molecule has 1 aliphatic heterocycles. The van der Waals surface area contributed by atoms with Gasteiger partial charge in [0.05, 0.1) is 17.3 Å². The molecule has 0 bridgehead atoms. The van der Waals surface area contributed by atoms with Crippen molar-refractivity contribution in [2.45, 2.75) is 25.3 Å². The highest BCUT2D eigenvalue weighted by molar-refractivity contribution is 6.19. The van der Waals surface area contributed by atoms with E-state index in [2.05, 4.69) is 10.4 Å². The zero-order valence-electron chi connectivity index (χ0n) is 10.7. The van der Waals surface area contributed by atoms with Gasteiger partial charge >= 0.3 is 0 Å². The van der Waals surface area contributed by atoms with Crippen LogP contribution in [0.3, 0.4) is 0 Å². The second kappa shape index (κ2) is 5.28. The molecule has 100 valence electrons. The Bertz CT molecular complexity index is 439. The standard InChI is InChI=1S/C12H18ClN3O2/c1-9-10(7-14-16(9)2)11(17)15-12(8-13)3-5-18-6-4-12/h7H,3-6,8H2,1-2H3,(H,15,17). The van der Waals surface area contributed by atoms with Crippen LogP contribution in [-0.2, 0) is 11.8 Å². The van der Waals surface area contributed by atoms with E-state index >= 15 is 0 Å². The number of hydrogen-bond acceptors (Lipinski definition) is 3. The predicted octanol–water partition coefficient (Wildman–Crippen LogP) is 1.25. The number of carbonyl (C=O) groups is 1. The highest BCUT2D eigenvalue weighted by Gasteiger charge is 2.34. The first-order valence-electron chi connectivity index (χ1n) is 6.03. The molecule has 6 heteroatoms. The fourth-order valence-electron chi connectivity index (χ4n) is 2.08. The van der Waals surface area contributed by atoms with Crippen molar-refractivity contribution in [2.75, 3.05) is 19.1 Å². The minimum absolute atomic E-state index is 0.108. The van der Waals surface area contributed by atoms with E-state index in [0.29, 0.717) is 24.7 Å². The van der Waals surface area contributed by atoms with Crippen molar-refractivity contribution >= 4 is 17.5 Å². The van der Waals surface area contributed by atoms with Crippen molar-refractivity contribution in [3.05, 3.63) is 17.5 Å². The van der Waals surface area contributed by atoms with Gasteiger partial charge in [-0.3, -0.25) is 9.48 Å². The average molecular weight is 272 g/mol. The number of rotatable bonds is 3. The number of nitrogens with one attached hydrogen (secondary N) is 1. The molecule has 1 fully saturated rings. The Labute approximate surface area is 111 Å². The highest BCUT2D eigenvalue weighted by Crippen LogP contribution is 2.23. The van der Waals surface area contributed by atoms with E-state index in [9.17, 15) is 4.79 Å². The minimum atomic E-state index is -0.348. The fraction of sp³-hybridized carbons (Fsp3) is 0.667. The predicted molar refractivity (Wildman–Crippen MR) is 68.9 cm³/mol. The van der Waals surface area contributed by atoms with E-state index in [1.165, 1.54) is 0 Å². The summed E-state index contributed by atoms with van der Waals surface area (Å²) in [5.74, 6) is 0.296. The number of amides is 1. The second-order valence-corrected chi connectivity index (χ2v) is 5.01. The molecule has 1 aromatic heterocycles. The molecule has 0 unspecified atom stereocenters. The SMILES string of the molecule is Cc1c(C(=O)NC2(CCl)CCOCC2)cnn1C. The van der Waals surface area contributed by atoms with Gasteiger partial charge in [-0.2, -0.15) is 5.10 Å². The summed E-state index contributed by atoms with van der Waals surface area (Å²) in [5.41, 5.74) is 1.11. The Hall–Kier alpha value is -1.07. The topological polar surface area (TPSA) is 56.1 Å². The van der Waals surface area contributed by atoms with Gasteiger partial charge in [-0.05, 0) is 19.8 Å². The molecule has 0 saturated carbocycles. The summed E-state index contributed by atoms with van der Waals surface area (Å²) >= 11 is 6.02. The lowest BCUT2D eigenvalue weighted by atomic mass is 9.92. The average Bonchev–Trinajstić information content (AvgIpc) is 2.71. The summed E-state index contributed by atoms with van der Waals surface area (Å²) in [4.78, 5) is 12.2. The smallest absolute Gasteiger partial charge is 0.255 e. The van der Waals surface area contributed by atoms with Crippen LogP contribution in [0.2, 0.25) is 0 Å². The van der Waals surface area contributed by atoms with E-state index in [1.54, 1.807) is 10.9 Å². The molecular weight excluding hydrogens is 254 g/mol. The molecule has 18 heavy (non-hydrogen) atoms. The molecule has 1 N–H and O–H groups in total. The summed E-state index contributed by atoms with van der Waals surface area (Å²) < 4.78 is 7.00. The van der Waals surface area contributed by atoms with Crippen molar-refractivity contribution in [1.29, 1.82) is 0 Å². The van der Waals surface area contributed by atoms with Crippen molar-refractivity contribution in [2.24, 2.45) is 7.05 Å². The monoisotopic (exact) mass is 271 g/mol. The number of halogens is 1. The zero-order chi connectivity index (χ0) is 13.2.